The molecule has 3 amide bonds. The molecule has 30 heavy (non-hydrogen) atoms. The van der Waals surface area contributed by atoms with Crippen molar-refractivity contribution in [3.8, 4) is 0 Å². The molecule has 1 saturated heterocycles. The fraction of sp³-hybridized carbons (Fsp3) is 0.273. The van der Waals surface area contributed by atoms with Crippen molar-refractivity contribution in [1.29, 1.82) is 0 Å². The Morgan fingerprint density at radius 3 is 2.50 bits per heavy atom. The van der Waals surface area contributed by atoms with Crippen molar-refractivity contribution >= 4 is 40.1 Å². The number of nitrogens with two attached hydrogens (primary N) is 1. The minimum absolute atomic E-state index is 0.127. The number of rotatable bonds is 5. The summed E-state index contributed by atoms with van der Waals surface area (Å²) in [5, 5.41) is 4.36. The smallest absolute Gasteiger partial charge is 0.312 e. The van der Waals surface area contributed by atoms with Crippen molar-refractivity contribution in [2.24, 2.45) is 5.73 Å². The topological polar surface area (TPSA) is 94.5 Å². The zero-order valence-electron chi connectivity index (χ0n) is 16.5. The highest BCUT2D eigenvalue weighted by Gasteiger charge is 2.29. The summed E-state index contributed by atoms with van der Waals surface area (Å²) in [6, 6.07) is 14.1. The van der Waals surface area contributed by atoms with Gasteiger partial charge in [0.25, 0.3) is 0 Å². The third-order valence-corrected chi connectivity index (χ3v) is 5.82. The molecule has 7 nitrogen and oxygen atoms in total. The lowest BCUT2D eigenvalue weighted by Crippen LogP contribution is -2.56. The summed E-state index contributed by atoms with van der Waals surface area (Å²) in [6.45, 7) is 2.45. The van der Waals surface area contributed by atoms with Gasteiger partial charge in [0.05, 0.1) is 10.7 Å². The van der Waals surface area contributed by atoms with Crippen LogP contribution in [0.2, 0.25) is 5.02 Å². The van der Waals surface area contributed by atoms with Crippen LogP contribution in [0.5, 0.6) is 0 Å². The second-order valence-corrected chi connectivity index (χ2v) is 7.80. The molecule has 2 aromatic carbocycles. The van der Waals surface area contributed by atoms with Crippen LogP contribution in [0.1, 0.15) is 5.56 Å². The Hall–Kier alpha value is -3.19. The molecule has 1 atom stereocenters. The van der Waals surface area contributed by atoms with E-state index in [4.69, 9.17) is 17.3 Å². The van der Waals surface area contributed by atoms with Gasteiger partial charge in [0.2, 0.25) is 5.91 Å². The number of primary amides is 1. The molecule has 8 heteroatoms. The quantitative estimate of drug-likeness (QED) is 0.586. The zero-order chi connectivity index (χ0) is 21.1. The first kappa shape index (κ1) is 20.1. The number of hydrogen-bond donors (Lipinski definition) is 3. The van der Waals surface area contributed by atoms with Gasteiger partial charge < -0.3 is 25.8 Å². The molecule has 0 spiro atoms. The van der Waals surface area contributed by atoms with E-state index in [2.05, 4.69) is 15.2 Å². The van der Waals surface area contributed by atoms with Gasteiger partial charge in [-0.3, -0.25) is 4.79 Å². The van der Waals surface area contributed by atoms with Crippen LogP contribution in [0.3, 0.4) is 0 Å². The van der Waals surface area contributed by atoms with Crippen LogP contribution in [-0.4, -0.2) is 54.0 Å². The van der Waals surface area contributed by atoms with E-state index >= 15 is 0 Å². The SMILES string of the molecule is NC(=O)N[C@@H](Cc1c[nH]c2ccccc12)C(=O)N1CCN(c2ccccc2Cl)CC1. The summed E-state index contributed by atoms with van der Waals surface area (Å²) in [5.41, 5.74) is 8.29. The van der Waals surface area contributed by atoms with Gasteiger partial charge >= 0.3 is 6.03 Å². The lowest BCUT2D eigenvalue weighted by molar-refractivity contribution is -0.133. The van der Waals surface area contributed by atoms with Crippen molar-refractivity contribution in [3.05, 3.63) is 65.3 Å². The average Bonchev–Trinajstić information content (AvgIpc) is 3.16. The van der Waals surface area contributed by atoms with Gasteiger partial charge in [-0.2, -0.15) is 0 Å². The number of aromatic amines is 1. The van der Waals surface area contributed by atoms with E-state index in [0.29, 0.717) is 37.6 Å². The maximum absolute atomic E-state index is 13.2. The van der Waals surface area contributed by atoms with Crippen LogP contribution in [0.15, 0.2) is 54.7 Å². The van der Waals surface area contributed by atoms with E-state index in [0.717, 1.165) is 22.2 Å². The van der Waals surface area contributed by atoms with Crippen molar-refractivity contribution in [2.75, 3.05) is 31.1 Å². The highest BCUT2D eigenvalue weighted by molar-refractivity contribution is 6.33. The number of amides is 3. The van der Waals surface area contributed by atoms with Gasteiger partial charge in [-0.15, -0.1) is 0 Å². The molecule has 0 saturated carbocycles. The molecule has 1 aliphatic rings. The molecule has 4 rings (SSSR count). The summed E-state index contributed by atoms with van der Waals surface area (Å²) < 4.78 is 0. The number of para-hydroxylation sites is 2. The number of benzene rings is 2. The number of nitrogens with one attached hydrogen (secondary N) is 2. The van der Waals surface area contributed by atoms with Crippen LogP contribution in [0, 0.1) is 0 Å². The number of halogens is 1. The van der Waals surface area contributed by atoms with Crippen LogP contribution in [0.4, 0.5) is 10.5 Å². The van der Waals surface area contributed by atoms with E-state index in [1.54, 1.807) is 4.90 Å². The summed E-state index contributed by atoms with van der Waals surface area (Å²) in [6.07, 6.45) is 2.25. The van der Waals surface area contributed by atoms with Gasteiger partial charge in [-0.1, -0.05) is 41.9 Å². The van der Waals surface area contributed by atoms with E-state index in [9.17, 15) is 9.59 Å². The predicted molar refractivity (Wildman–Crippen MR) is 119 cm³/mol. The monoisotopic (exact) mass is 425 g/mol. The van der Waals surface area contributed by atoms with Gasteiger partial charge in [-0.25, -0.2) is 4.79 Å². The molecule has 1 aromatic heterocycles. The molecule has 156 valence electrons. The maximum Gasteiger partial charge on any atom is 0.312 e. The average molecular weight is 426 g/mol. The van der Waals surface area contributed by atoms with E-state index in [-0.39, 0.29) is 5.91 Å². The fourth-order valence-electron chi connectivity index (χ4n) is 3.99. The predicted octanol–water partition coefficient (Wildman–Crippen LogP) is 2.75. The number of carbonyl (C=O) groups is 2. The summed E-state index contributed by atoms with van der Waals surface area (Å²) >= 11 is 6.30. The number of piperazine rings is 1. The summed E-state index contributed by atoms with van der Waals surface area (Å²) in [4.78, 5) is 31.9. The van der Waals surface area contributed by atoms with E-state index < -0.39 is 12.1 Å². The Labute approximate surface area is 179 Å². The number of carbonyl (C=O) groups excluding carboxylic acids is 2. The molecule has 0 bridgehead atoms. The Morgan fingerprint density at radius 2 is 1.77 bits per heavy atom. The zero-order valence-corrected chi connectivity index (χ0v) is 17.2. The maximum atomic E-state index is 13.2. The highest BCUT2D eigenvalue weighted by atomic mass is 35.5. The number of anilines is 1. The third kappa shape index (κ3) is 4.21. The van der Waals surface area contributed by atoms with Crippen molar-refractivity contribution in [1.82, 2.24) is 15.2 Å². The van der Waals surface area contributed by atoms with Crippen LogP contribution < -0.4 is 16.0 Å². The number of H-pyrrole nitrogens is 1. The Bertz CT molecular complexity index is 1060. The molecule has 3 aromatic rings. The van der Waals surface area contributed by atoms with Gasteiger partial charge in [0.1, 0.15) is 6.04 Å². The minimum Gasteiger partial charge on any atom is -0.367 e. The van der Waals surface area contributed by atoms with Crippen molar-refractivity contribution in [3.63, 3.8) is 0 Å². The lowest BCUT2D eigenvalue weighted by Gasteiger charge is -2.38. The number of aromatic nitrogens is 1. The first-order chi connectivity index (χ1) is 14.5. The molecule has 0 aliphatic carbocycles. The van der Waals surface area contributed by atoms with Gasteiger partial charge in [-0.05, 0) is 23.8 Å². The standard InChI is InChI=1S/C22H24ClN5O2/c23-17-6-2-4-8-20(17)27-9-11-28(12-10-27)21(29)19(26-22(24)30)13-15-14-25-18-7-3-1-5-16(15)18/h1-8,14,19,25H,9-13H2,(H3,24,26,30)/t19-/m0/s1. The number of fused-ring (bicyclic) bond motifs is 1. The molecule has 4 N–H and O–H groups in total. The molecular weight excluding hydrogens is 402 g/mol. The third-order valence-electron chi connectivity index (χ3n) is 5.50. The minimum atomic E-state index is -0.714. The first-order valence-corrected chi connectivity index (χ1v) is 10.3. The van der Waals surface area contributed by atoms with Gasteiger partial charge in [0, 0.05) is 49.7 Å². The Kier molecular flexibility index (Phi) is 5.81. The number of nitrogens with zero attached hydrogens (tertiary/aromatic N) is 2. The van der Waals surface area contributed by atoms with E-state index in [1.807, 2.05) is 54.7 Å². The molecule has 2 heterocycles. The molecular formula is C22H24ClN5O2. The Balaban J connectivity index is 1.46. The number of hydrogen-bond acceptors (Lipinski definition) is 3. The fourth-order valence-corrected chi connectivity index (χ4v) is 4.24. The number of urea groups is 1. The summed E-state index contributed by atoms with van der Waals surface area (Å²) in [5.74, 6) is -0.127. The van der Waals surface area contributed by atoms with Crippen LogP contribution in [0.25, 0.3) is 10.9 Å². The summed E-state index contributed by atoms with van der Waals surface area (Å²) in [7, 11) is 0. The van der Waals surface area contributed by atoms with Crippen molar-refractivity contribution < 1.29 is 9.59 Å². The van der Waals surface area contributed by atoms with E-state index in [1.165, 1.54) is 0 Å². The molecule has 1 fully saturated rings. The first-order valence-electron chi connectivity index (χ1n) is 9.92. The van der Waals surface area contributed by atoms with Crippen molar-refractivity contribution in [2.45, 2.75) is 12.5 Å². The Morgan fingerprint density at radius 1 is 1.07 bits per heavy atom. The molecule has 0 radical (unpaired) electrons. The molecule has 1 aliphatic heterocycles. The largest absolute Gasteiger partial charge is 0.367 e. The lowest BCUT2D eigenvalue weighted by atomic mass is 10.0. The second kappa shape index (κ2) is 8.67. The normalized spacial score (nSPS) is 15.2. The molecule has 0 unspecified atom stereocenters. The van der Waals surface area contributed by atoms with Gasteiger partial charge in [0.15, 0.2) is 0 Å². The highest BCUT2D eigenvalue weighted by Crippen LogP contribution is 2.26. The van der Waals surface area contributed by atoms with Crippen LogP contribution in [-0.2, 0) is 11.2 Å². The van der Waals surface area contributed by atoms with Crippen LogP contribution >= 0.6 is 11.6 Å². The second-order valence-electron chi connectivity index (χ2n) is 7.39.